The van der Waals surface area contributed by atoms with Crippen molar-refractivity contribution in [1.82, 2.24) is 9.88 Å². The van der Waals surface area contributed by atoms with Crippen LogP contribution >= 0.6 is 0 Å². The van der Waals surface area contributed by atoms with Gasteiger partial charge in [0.2, 0.25) is 0 Å². The molecule has 0 saturated carbocycles. The maximum absolute atomic E-state index is 12.9. The molecule has 0 spiro atoms. The quantitative estimate of drug-likeness (QED) is 0.448. The van der Waals surface area contributed by atoms with Crippen molar-refractivity contribution in [2.75, 3.05) is 26.3 Å². The largest absolute Gasteiger partial charge is 0.573 e. The molecule has 3 aromatic carbocycles. The molecule has 0 aliphatic carbocycles. The van der Waals surface area contributed by atoms with Gasteiger partial charge in [-0.05, 0) is 47.5 Å². The highest BCUT2D eigenvalue weighted by Gasteiger charge is 2.31. The summed E-state index contributed by atoms with van der Waals surface area (Å²) in [6.45, 7) is 2.03. The van der Waals surface area contributed by atoms with Gasteiger partial charge in [-0.1, -0.05) is 18.2 Å². The highest BCUT2D eigenvalue weighted by molar-refractivity contribution is 6.17. The molecule has 2 amide bonds. The first-order valence-electron chi connectivity index (χ1n) is 10.8. The van der Waals surface area contributed by atoms with E-state index in [1.165, 1.54) is 24.3 Å². The Morgan fingerprint density at radius 1 is 0.943 bits per heavy atom. The summed E-state index contributed by atoms with van der Waals surface area (Å²) >= 11 is 0. The van der Waals surface area contributed by atoms with Crippen LogP contribution in [0, 0.1) is 0 Å². The van der Waals surface area contributed by atoms with Crippen LogP contribution in [-0.2, 0) is 4.74 Å². The molecule has 1 aliphatic heterocycles. The Morgan fingerprint density at radius 3 is 2.31 bits per heavy atom. The molecule has 0 radical (unpaired) electrons. The highest BCUT2D eigenvalue weighted by atomic mass is 19.4. The normalized spacial score (nSPS) is 14.4. The van der Waals surface area contributed by atoms with Crippen molar-refractivity contribution >= 4 is 33.6 Å². The second-order valence-corrected chi connectivity index (χ2v) is 8.17. The van der Waals surface area contributed by atoms with E-state index in [-0.39, 0.29) is 17.2 Å². The number of morpholine rings is 1. The second kappa shape index (κ2) is 8.62. The molecule has 5 rings (SSSR count). The first-order valence-corrected chi connectivity index (χ1v) is 10.8. The van der Waals surface area contributed by atoms with Crippen LogP contribution < -0.4 is 10.5 Å². The van der Waals surface area contributed by atoms with Crippen LogP contribution in [0.1, 0.15) is 20.7 Å². The minimum Gasteiger partial charge on any atom is -0.406 e. The van der Waals surface area contributed by atoms with Gasteiger partial charge in [-0.25, -0.2) is 0 Å². The lowest BCUT2D eigenvalue weighted by Gasteiger charge is -2.26. The van der Waals surface area contributed by atoms with Crippen LogP contribution in [0.2, 0.25) is 0 Å². The van der Waals surface area contributed by atoms with Crippen molar-refractivity contribution in [3.8, 4) is 16.9 Å². The Kier molecular flexibility index (Phi) is 5.60. The number of fused-ring (bicyclic) bond motifs is 3. The number of nitrogens with zero attached hydrogens (tertiary/aromatic N) is 1. The number of alkyl halides is 3. The first-order chi connectivity index (χ1) is 16.7. The summed E-state index contributed by atoms with van der Waals surface area (Å²) < 4.78 is 46.6. The van der Waals surface area contributed by atoms with Gasteiger partial charge in [-0.15, -0.1) is 13.2 Å². The first kappa shape index (κ1) is 22.7. The Bertz CT molecular complexity index is 1440. The topological polar surface area (TPSA) is 97.7 Å². The Morgan fingerprint density at radius 2 is 1.66 bits per heavy atom. The third-order valence-electron chi connectivity index (χ3n) is 5.94. The summed E-state index contributed by atoms with van der Waals surface area (Å²) in [5.41, 5.74) is 8.73. The van der Waals surface area contributed by atoms with Crippen LogP contribution in [-0.4, -0.2) is 54.4 Å². The van der Waals surface area contributed by atoms with E-state index in [9.17, 15) is 22.8 Å². The lowest BCUT2D eigenvalue weighted by Crippen LogP contribution is -2.40. The van der Waals surface area contributed by atoms with Gasteiger partial charge in [-0.2, -0.15) is 0 Å². The standard InChI is InChI=1S/C25H20F3N3O4/c26-25(27,28)35-17-4-1-14(2-5-17)16-11-19-18-6-3-15(24(33)31-7-9-34-10-8-31)13-21(18)30-22(19)20(12-16)23(29)32/h1-6,11-13,30H,7-10H2,(H2,29,32). The van der Waals surface area contributed by atoms with Crippen LogP contribution in [0.15, 0.2) is 54.6 Å². The highest BCUT2D eigenvalue weighted by Crippen LogP contribution is 2.34. The minimum atomic E-state index is -4.79. The lowest BCUT2D eigenvalue weighted by molar-refractivity contribution is -0.274. The number of halogens is 3. The number of rotatable bonds is 4. The van der Waals surface area contributed by atoms with E-state index in [1.807, 2.05) is 6.07 Å². The molecule has 0 unspecified atom stereocenters. The zero-order chi connectivity index (χ0) is 24.7. The van der Waals surface area contributed by atoms with E-state index in [0.717, 1.165) is 5.39 Å². The molecule has 35 heavy (non-hydrogen) atoms. The number of carbonyl (C=O) groups excluding carboxylic acids is 2. The number of aromatic nitrogens is 1. The van der Waals surface area contributed by atoms with Gasteiger partial charge in [-0.3, -0.25) is 9.59 Å². The summed E-state index contributed by atoms with van der Waals surface area (Å²) in [5, 5.41) is 1.48. The van der Waals surface area contributed by atoms with Crippen LogP contribution in [0.4, 0.5) is 13.2 Å². The van der Waals surface area contributed by atoms with Gasteiger partial charge in [0.1, 0.15) is 5.75 Å². The third kappa shape index (κ3) is 4.52. The molecule has 7 nitrogen and oxygen atoms in total. The number of primary amides is 1. The van der Waals surface area contributed by atoms with Gasteiger partial charge in [0, 0.05) is 34.9 Å². The second-order valence-electron chi connectivity index (χ2n) is 8.17. The van der Waals surface area contributed by atoms with E-state index in [0.29, 0.717) is 59.4 Å². The number of hydrogen-bond acceptors (Lipinski definition) is 4. The van der Waals surface area contributed by atoms with Gasteiger partial charge in [0.25, 0.3) is 11.8 Å². The van der Waals surface area contributed by atoms with Crippen LogP contribution in [0.3, 0.4) is 0 Å². The Hall–Kier alpha value is -4.05. The number of carbonyl (C=O) groups is 2. The number of nitrogens with one attached hydrogen (secondary N) is 1. The summed E-state index contributed by atoms with van der Waals surface area (Å²) in [6, 6.07) is 14.0. The zero-order valence-corrected chi connectivity index (χ0v) is 18.3. The predicted molar refractivity (Wildman–Crippen MR) is 123 cm³/mol. The molecular weight excluding hydrogens is 463 g/mol. The van der Waals surface area contributed by atoms with E-state index in [1.54, 1.807) is 29.2 Å². The molecule has 2 heterocycles. The maximum atomic E-state index is 12.9. The molecule has 3 N–H and O–H groups in total. The van der Waals surface area contributed by atoms with Crippen molar-refractivity contribution in [2.24, 2.45) is 5.73 Å². The average Bonchev–Trinajstić information content (AvgIpc) is 3.20. The van der Waals surface area contributed by atoms with E-state index >= 15 is 0 Å². The predicted octanol–water partition coefficient (Wildman–Crippen LogP) is 4.46. The molecule has 10 heteroatoms. The lowest BCUT2D eigenvalue weighted by atomic mass is 9.98. The Balaban J connectivity index is 1.56. The fourth-order valence-corrected chi connectivity index (χ4v) is 4.30. The molecule has 180 valence electrons. The van der Waals surface area contributed by atoms with Crippen molar-refractivity contribution in [3.63, 3.8) is 0 Å². The number of amides is 2. The summed E-state index contributed by atoms with van der Waals surface area (Å²) in [6.07, 6.45) is -4.79. The van der Waals surface area contributed by atoms with E-state index in [2.05, 4.69) is 9.72 Å². The molecular formula is C25H20F3N3O4. The molecule has 1 saturated heterocycles. The van der Waals surface area contributed by atoms with Gasteiger partial charge in [0.05, 0.1) is 24.3 Å². The molecule has 1 aromatic heterocycles. The van der Waals surface area contributed by atoms with E-state index in [4.69, 9.17) is 10.5 Å². The minimum absolute atomic E-state index is 0.106. The van der Waals surface area contributed by atoms with Crippen molar-refractivity contribution in [2.45, 2.75) is 6.36 Å². The monoisotopic (exact) mass is 483 g/mol. The molecule has 4 aromatic rings. The SMILES string of the molecule is NC(=O)c1cc(-c2ccc(OC(F)(F)F)cc2)cc2c1[nH]c1cc(C(=O)N3CCOCC3)ccc12. The Labute approximate surface area is 197 Å². The number of hydrogen-bond donors (Lipinski definition) is 2. The number of nitrogens with two attached hydrogens (primary N) is 1. The van der Waals surface area contributed by atoms with Crippen LogP contribution in [0.25, 0.3) is 32.9 Å². The summed E-state index contributed by atoms with van der Waals surface area (Å²) in [4.78, 5) is 30.1. The van der Waals surface area contributed by atoms with Crippen molar-refractivity contribution in [3.05, 3.63) is 65.7 Å². The number of benzene rings is 3. The molecule has 0 atom stereocenters. The molecule has 0 bridgehead atoms. The van der Waals surface area contributed by atoms with Crippen molar-refractivity contribution < 1.29 is 32.2 Å². The number of aromatic amines is 1. The van der Waals surface area contributed by atoms with Crippen LogP contribution in [0.5, 0.6) is 5.75 Å². The third-order valence-corrected chi connectivity index (χ3v) is 5.94. The molecule has 1 fully saturated rings. The smallest absolute Gasteiger partial charge is 0.406 e. The zero-order valence-electron chi connectivity index (χ0n) is 18.3. The van der Waals surface area contributed by atoms with Gasteiger partial charge in [0.15, 0.2) is 0 Å². The van der Waals surface area contributed by atoms with Gasteiger partial charge >= 0.3 is 6.36 Å². The average molecular weight is 483 g/mol. The van der Waals surface area contributed by atoms with Gasteiger partial charge < -0.3 is 25.1 Å². The fraction of sp³-hybridized carbons (Fsp3) is 0.200. The fourth-order valence-electron chi connectivity index (χ4n) is 4.30. The van der Waals surface area contributed by atoms with Crippen molar-refractivity contribution in [1.29, 1.82) is 0 Å². The summed E-state index contributed by atoms with van der Waals surface area (Å²) in [5.74, 6) is -1.11. The van der Waals surface area contributed by atoms with E-state index < -0.39 is 12.3 Å². The maximum Gasteiger partial charge on any atom is 0.573 e. The number of H-pyrrole nitrogens is 1. The molecule has 1 aliphatic rings. The number of ether oxygens (including phenoxy) is 2. The summed E-state index contributed by atoms with van der Waals surface area (Å²) in [7, 11) is 0.